The summed E-state index contributed by atoms with van der Waals surface area (Å²) in [5.41, 5.74) is 0. The van der Waals surface area contributed by atoms with Crippen LogP contribution in [0, 0.1) is 3.57 Å². The molecule has 0 aliphatic rings. The lowest BCUT2D eigenvalue weighted by Crippen LogP contribution is -2.11. The summed E-state index contributed by atoms with van der Waals surface area (Å²) in [6.07, 6.45) is 0. The second-order valence-electron chi connectivity index (χ2n) is 2.68. The van der Waals surface area contributed by atoms with Gasteiger partial charge in [0.15, 0.2) is 6.79 Å². The highest BCUT2D eigenvalue weighted by Crippen LogP contribution is 2.37. The molecule has 0 aromatic heterocycles. The summed E-state index contributed by atoms with van der Waals surface area (Å²) in [4.78, 5) is 18.1. The minimum absolute atomic E-state index is 0.0308. The molecule has 0 aliphatic carbocycles. The molecule has 0 spiro atoms. The summed E-state index contributed by atoms with van der Waals surface area (Å²) in [6.45, 7) is 0.0423. The zero-order valence-electron chi connectivity index (χ0n) is 7.88. The maximum atomic E-state index is 11.1. The molecule has 1 aromatic rings. The van der Waals surface area contributed by atoms with Gasteiger partial charge in [-0.25, -0.2) is 0 Å². The number of methoxy groups -OCH3 is 1. The SMILES string of the molecule is COCOc1cccc(P(=O)(O)O)c1I. The molecule has 0 saturated carbocycles. The minimum atomic E-state index is -4.24. The quantitative estimate of drug-likeness (QED) is 0.486. The fraction of sp³-hybridized carbons (Fsp3) is 0.250. The molecular weight excluding hydrogens is 334 g/mol. The lowest BCUT2D eigenvalue weighted by atomic mass is 10.3. The molecule has 1 rings (SSSR count). The topological polar surface area (TPSA) is 76.0 Å². The van der Waals surface area contributed by atoms with Crippen LogP contribution >= 0.6 is 30.2 Å². The Balaban J connectivity index is 3.06. The van der Waals surface area contributed by atoms with Gasteiger partial charge < -0.3 is 19.3 Å². The molecule has 0 fully saturated rings. The molecule has 5 nitrogen and oxygen atoms in total. The van der Waals surface area contributed by atoms with E-state index in [9.17, 15) is 4.57 Å². The second-order valence-corrected chi connectivity index (χ2v) is 5.33. The lowest BCUT2D eigenvalue weighted by Gasteiger charge is -2.11. The maximum absolute atomic E-state index is 11.1. The van der Waals surface area contributed by atoms with Crippen LogP contribution in [0.5, 0.6) is 5.75 Å². The van der Waals surface area contributed by atoms with E-state index in [4.69, 9.17) is 19.3 Å². The molecule has 7 heteroatoms. The summed E-state index contributed by atoms with van der Waals surface area (Å²) < 4.78 is 21.3. The molecule has 2 N–H and O–H groups in total. The first-order valence-corrected chi connectivity index (χ1v) is 6.62. The third kappa shape index (κ3) is 3.42. The summed E-state index contributed by atoms with van der Waals surface area (Å²) in [5, 5.41) is -0.0308. The molecule has 0 aliphatic heterocycles. The lowest BCUT2D eigenvalue weighted by molar-refractivity contribution is 0.0505. The van der Waals surface area contributed by atoms with E-state index in [2.05, 4.69) is 0 Å². The van der Waals surface area contributed by atoms with E-state index >= 15 is 0 Å². The van der Waals surface area contributed by atoms with Gasteiger partial charge in [-0.2, -0.15) is 0 Å². The average molecular weight is 344 g/mol. The van der Waals surface area contributed by atoms with Crippen LogP contribution in [-0.2, 0) is 9.30 Å². The molecule has 0 radical (unpaired) electrons. The van der Waals surface area contributed by atoms with Gasteiger partial charge in [-0.3, -0.25) is 4.57 Å². The summed E-state index contributed by atoms with van der Waals surface area (Å²) >= 11 is 1.83. The van der Waals surface area contributed by atoms with Gasteiger partial charge in [-0.1, -0.05) is 6.07 Å². The standard InChI is InChI=1S/C8H10IO5P/c1-13-5-14-6-3-2-4-7(8(6)9)15(10,11)12/h2-4H,5H2,1H3,(H2,10,11,12). The van der Waals surface area contributed by atoms with Crippen LogP contribution in [0.3, 0.4) is 0 Å². The number of halogens is 1. The zero-order chi connectivity index (χ0) is 11.5. The fourth-order valence-corrected chi connectivity index (χ4v) is 3.06. The Bertz CT molecular complexity index is 389. The van der Waals surface area contributed by atoms with Gasteiger partial charge in [0.25, 0.3) is 0 Å². The van der Waals surface area contributed by atoms with Crippen molar-refractivity contribution in [3.05, 3.63) is 21.8 Å². The van der Waals surface area contributed by atoms with Crippen molar-refractivity contribution in [1.82, 2.24) is 0 Å². The van der Waals surface area contributed by atoms with Crippen LogP contribution in [-0.4, -0.2) is 23.7 Å². The molecule has 0 unspecified atom stereocenters. The van der Waals surface area contributed by atoms with Crippen molar-refractivity contribution in [2.24, 2.45) is 0 Å². The Hall–Kier alpha value is -0.140. The summed E-state index contributed by atoms with van der Waals surface area (Å²) in [6, 6.07) is 4.53. The molecule has 84 valence electrons. The van der Waals surface area contributed by atoms with E-state index in [0.717, 1.165) is 0 Å². The molecule has 0 saturated heterocycles. The molecule has 15 heavy (non-hydrogen) atoms. The largest absolute Gasteiger partial charge is 0.466 e. The van der Waals surface area contributed by atoms with E-state index in [0.29, 0.717) is 9.32 Å². The third-order valence-corrected chi connectivity index (χ3v) is 4.13. The van der Waals surface area contributed by atoms with Crippen molar-refractivity contribution in [2.75, 3.05) is 13.9 Å². The van der Waals surface area contributed by atoms with Crippen LogP contribution in [0.2, 0.25) is 0 Å². The smallest absolute Gasteiger partial charge is 0.357 e. The molecule has 0 atom stereocenters. The van der Waals surface area contributed by atoms with E-state index < -0.39 is 7.60 Å². The van der Waals surface area contributed by atoms with Crippen molar-refractivity contribution in [2.45, 2.75) is 0 Å². The Labute approximate surface area is 101 Å². The second kappa shape index (κ2) is 5.27. The van der Waals surface area contributed by atoms with Gasteiger partial charge in [0.05, 0.1) is 8.87 Å². The molecular formula is C8H10IO5P. The molecule has 0 heterocycles. The average Bonchev–Trinajstić information content (AvgIpc) is 2.14. The van der Waals surface area contributed by atoms with Gasteiger partial charge in [0.1, 0.15) is 5.75 Å². The van der Waals surface area contributed by atoms with Crippen molar-refractivity contribution in [3.8, 4) is 5.75 Å². The minimum Gasteiger partial charge on any atom is -0.466 e. The normalized spacial score (nSPS) is 11.5. The Morgan fingerprint density at radius 2 is 2.13 bits per heavy atom. The van der Waals surface area contributed by atoms with Crippen LogP contribution in [0.25, 0.3) is 0 Å². The van der Waals surface area contributed by atoms with Crippen molar-refractivity contribution >= 4 is 35.5 Å². The highest BCUT2D eigenvalue weighted by Gasteiger charge is 2.22. The van der Waals surface area contributed by atoms with Gasteiger partial charge in [-0.15, -0.1) is 0 Å². The molecule has 0 bridgehead atoms. The van der Waals surface area contributed by atoms with Crippen molar-refractivity contribution < 1.29 is 23.8 Å². The monoisotopic (exact) mass is 344 g/mol. The predicted molar refractivity (Wildman–Crippen MR) is 63.3 cm³/mol. The van der Waals surface area contributed by atoms with Gasteiger partial charge in [-0.05, 0) is 34.7 Å². The van der Waals surface area contributed by atoms with Gasteiger partial charge in [0, 0.05) is 7.11 Å². The maximum Gasteiger partial charge on any atom is 0.357 e. The predicted octanol–water partition coefficient (Wildman–Crippen LogP) is 1.08. The van der Waals surface area contributed by atoms with E-state index in [-0.39, 0.29) is 12.1 Å². The number of hydrogen-bond donors (Lipinski definition) is 2. The number of rotatable bonds is 4. The summed E-state index contributed by atoms with van der Waals surface area (Å²) in [7, 11) is -2.77. The van der Waals surface area contributed by atoms with Crippen LogP contribution in [0.1, 0.15) is 0 Å². The fourth-order valence-electron chi connectivity index (χ4n) is 0.958. The molecule has 1 aromatic carbocycles. The molecule has 0 amide bonds. The van der Waals surface area contributed by atoms with E-state index in [1.54, 1.807) is 6.07 Å². The first-order chi connectivity index (χ1) is 6.96. The first-order valence-electron chi connectivity index (χ1n) is 3.93. The summed E-state index contributed by atoms with van der Waals surface area (Å²) in [5.74, 6) is 0.401. The third-order valence-electron chi connectivity index (χ3n) is 1.59. The van der Waals surface area contributed by atoms with Crippen LogP contribution in [0.4, 0.5) is 0 Å². The number of ether oxygens (including phenoxy) is 2. The van der Waals surface area contributed by atoms with Crippen LogP contribution < -0.4 is 10.0 Å². The Morgan fingerprint density at radius 1 is 1.47 bits per heavy atom. The Morgan fingerprint density at radius 3 is 2.67 bits per heavy atom. The highest BCUT2D eigenvalue weighted by molar-refractivity contribution is 14.1. The van der Waals surface area contributed by atoms with Crippen molar-refractivity contribution in [3.63, 3.8) is 0 Å². The van der Waals surface area contributed by atoms with Gasteiger partial charge >= 0.3 is 7.60 Å². The zero-order valence-corrected chi connectivity index (χ0v) is 10.9. The van der Waals surface area contributed by atoms with Crippen LogP contribution in [0.15, 0.2) is 18.2 Å². The van der Waals surface area contributed by atoms with Crippen molar-refractivity contribution in [1.29, 1.82) is 0 Å². The highest BCUT2D eigenvalue weighted by atomic mass is 127. The van der Waals surface area contributed by atoms with E-state index in [1.807, 2.05) is 22.6 Å². The van der Waals surface area contributed by atoms with Gasteiger partial charge in [0.2, 0.25) is 0 Å². The number of benzene rings is 1. The van der Waals surface area contributed by atoms with E-state index in [1.165, 1.54) is 19.2 Å². The first kappa shape index (κ1) is 12.9. The Kier molecular flexibility index (Phi) is 4.54. The number of hydrogen-bond acceptors (Lipinski definition) is 3.